The second-order valence-electron chi connectivity index (χ2n) is 4.21. The number of aryl methyl sites for hydroxylation is 1. The Kier molecular flexibility index (Phi) is 3.04. The van der Waals surface area contributed by atoms with E-state index in [1.807, 2.05) is 25.1 Å². The van der Waals surface area contributed by atoms with Gasteiger partial charge in [0.1, 0.15) is 0 Å². The van der Waals surface area contributed by atoms with Gasteiger partial charge in [-0.3, -0.25) is 9.59 Å². The van der Waals surface area contributed by atoms with Crippen LogP contribution in [0.1, 0.15) is 28.8 Å². The predicted molar refractivity (Wildman–Crippen MR) is 61.3 cm³/mol. The van der Waals surface area contributed by atoms with E-state index < -0.39 is 0 Å². The van der Waals surface area contributed by atoms with Crippen LogP contribution in [-0.4, -0.2) is 29.7 Å². The quantitative estimate of drug-likeness (QED) is 0.724. The summed E-state index contributed by atoms with van der Waals surface area (Å²) in [5, 5.41) is 0. The third kappa shape index (κ3) is 2.30. The number of carbonyl (C=O) groups excluding carboxylic acids is 2. The molecule has 84 valence electrons. The van der Waals surface area contributed by atoms with Gasteiger partial charge in [-0.05, 0) is 19.4 Å². The third-order valence-corrected chi connectivity index (χ3v) is 2.85. The lowest BCUT2D eigenvalue weighted by molar-refractivity contribution is -0.127. The van der Waals surface area contributed by atoms with Crippen molar-refractivity contribution in [3.63, 3.8) is 0 Å². The first kappa shape index (κ1) is 10.9. The third-order valence-electron chi connectivity index (χ3n) is 2.85. The number of ketones is 1. The average molecular weight is 217 g/mol. The molecule has 0 atom stereocenters. The Morgan fingerprint density at radius 1 is 1.44 bits per heavy atom. The van der Waals surface area contributed by atoms with Crippen LogP contribution in [0.3, 0.4) is 0 Å². The first-order valence-corrected chi connectivity index (χ1v) is 5.54. The molecule has 1 heterocycles. The van der Waals surface area contributed by atoms with Crippen LogP contribution >= 0.6 is 0 Å². The van der Waals surface area contributed by atoms with Gasteiger partial charge >= 0.3 is 0 Å². The molecule has 1 aromatic rings. The summed E-state index contributed by atoms with van der Waals surface area (Å²) in [6.07, 6.45) is 1.46. The Morgan fingerprint density at radius 3 is 2.88 bits per heavy atom. The number of nitrogens with zero attached hydrogens (tertiary/aromatic N) is 1. The second kappa shape index (κ2) is 4.47. The minimum atomic E-state index is 0.0268. The van der Waals surface area contributed by atoms with Gasteiger partial charge in [0.05, 0.1) is 6.54 Å². The monoisotopic (exact) mass is 217 g/mol. The summed E-state index contributed by atoms with van der Waals surface area (Å²) in [6.45, 7) is 2.90. The Labute approximate surface area is 95.1 Å². The molecule has 1 aromatic carbocycles. The van der Waals surface area contributed by atoms with Crippen LogP contribution in [0.2, 0.25) is 0 Å². The van der Waals surface area contributed by atoms with Crippen LogP contribution in [0.4, 0.5) is 0 Å². The fraction of sp³-hybridized carbons (Fsp3) is 0.385. The van der Waals surface area contributed by atoms with Gasteiger partial charge in [-0.1, -0.05) is 23.8 Å². The van der Waals surface area contributed by atoms with Crippen LogP contribution in [0.5, 0.6) is 0 Å². The Balaban J connectivity index is 2.05. The molecule has 0 aromatic heterocycles. The molecule has 0 bridgehead atoms. The van der Waals surface area contributed by atoms with E-state index >= 15 is 0 Å². The van der Waals surface area contributed by atoms with E-state index in [-0.39, 0.29) is 18.2 Å². The highest BCUT2D eigenvalue weighted by Crippen LogP contribution is 2.11. The van der Waals surface area contributed by atoms with E-state index in [9.17, 15) is 9.59 Å². The van der Waals surface area contributed by atoms with Crippen LogP contribution in [0.25, 0.3) is 0 Å². The van der Waals surface area contributed by atoms with E-state index in [4.69, 9.17) is 0 Å². The van der Waals surface area contributed by atoms with Crippen molar-refractivity contribution in [3.05, 3.63) is 35.4 Å². The van der Waals surface area contributed by atoms with Crippen molar-refractivity contribution in [1.82, 2.24) is 4.90 Å². The maximum absolute atomic E-state index is 11.9. The van der Waals surface area contributed by atoms with Gasteiger partial charge in [-0.15, -0.1) is 0 Å². The van der Waals surface area contributed by atoms with E-state index in [1.54, 1.807) is 11.0 Å². The number of likely N-dealkylation sites (tertiary alicyclic amines) is 1. The molecule has 0 aliphatic carbocycles. The van der Waals surface area contributed by atoms with Crippen molar-refractivity contribution in [2.75, 3.05) is 13.1 Å². The molecule has 3 heteroatoms. The zero-order chi connectivity index (χ0) is 11.5. The molecular formula is C13H15NO2. The normalized spacial score (nSPS) is 15.6. The van der Waals surface area contributed by atoms with Gasteiger partial charge in [-0.25, -0.2) is 0 Å². The highest BCUT2D eigenvalue weighted by atomic mass is 16.2. The molecule has 0 spiro atoms. The molecule has 0 unspecified atom stereocenters. The number of rotatable bonds is 3. The number of Topliss-reactive ketones (excluding diaryl/α,β-unsaturated/α-hetero) is 1. The topological polar surface area (TPSA) is 37.4 Å². The number of hydrogen-bond acceptors (Lipinski definition) is 2. The van der Waals surface area contributed by atoms with Crippen molar-refractivity contribution in [2.24, 2.45) is 0 Å². The van der Waals surface area contributed by atoms with E-state index in [2.05, 4.69) is 0 Å². The van der Waals surface area contributed by atoms with Crippen LogP contribution < -0.4 is 0 Å². The van der Waals surface area contributed by atoms with Gasteiger partial charge in [-0.2, -0.15) is 0 Å². The zero-order valence-electron chi connectivity index (χ0n) is 9.40. The van der Waals surface area contributed by atoms with Crippen molar-refractivity contribution in [1.29, 1.82) is 0 Å². The molecule has 1 amide bonds. The van der Waals surface area contributed by atoms with Crippen molar-refractivity contribution in [3.8, 4) is 0 Å². The van der Waals surface area contributed by atoms with Gasteiger partial charge in [0.15, 0.2) is 5.78 Å². The Morgan fingerprint density at radius 2 is 2.25 bits per heavy atom. The predicted octanol–water partition coefficient (Wildman–Crippen LogP) is 1.80. The molecular weight excluding hydrogens is 202 g/mol. The summed E-state index contributed by atoms with van der Waals surface area (Å²) in [6, 6.07) is 7.49. The lowest BCUT2D eigenvalue weighted by Gasteiger charge is -2.14. The maximum Gasteiger partial charge on any atom is 0.223 e. The standard InChI is InChI=1S/C13H15NO2/c1-10-4-2-5-11(8-10)12(15)9-14-7-3-6-13(14)16/h2,4-5,8H,3,6-7,9H2,1H3. The van der Waals surface area contributed by atoms with Crippen molar-refractivity contribution in [2.45, 2.75) is 19.8 Å². The molecule has 2 rings (SSSR count). The largest absolute Gasteiger partial charge is 0.335 e. The number of amides is 1. The lowest BCUT2D eigenvalue weighted by Crippen LogP contribution is -2.30. The summed E-state index contributed by atoms with van der Waals surface area (Å²) in [5.74, 6) is 0.125. The summed E-state index contributed by atoms with van der Waals surface area (Å²) in [4.78, 5) is 24.9. The molecule has 16 heavy (non-hydrogen) atoms. The van der Waals surface area contributed by atoms with Crippen LogP contribution in [0, 0.1) is 6.92 Å². The molecule has 1 aliphatic rings. The second-order valence-corrected chi connectivity index (χ2v) is 4.21. The number of carbonyl (C=O) groups is 2. The summed E-state index contributed by atoms with van der Waals surface area (Å²) in [7, 11) is 0. The first-order chi connectivity index (χ1) is 7.66. The molecule has 0 radical (unpaired) electrons. The SMILES string of the molecule is Cc1cccc(C(=O)CN2CCCC2=O)c1. The molecule has 1 fully saturated rings. The minimum Gasteiger partial charge on any atom is -0.335 e. The van der Waals surface area contributed by atoms with Crippen molar-refractivity contribution >= 4 is 11.7 Å². The van der Waals surface area contributed by atoms with Gasteiger partial charge in [0.2, 0.25) is 5.91 Å². The smallest absolute Gasteiger partial charge is 0.223 e. The van der Waals surface area contributed by atoms with E-state index in [1.165, 1.54) is 0 Å². The maximum atomic E-state index is 11.9. The fourth-order valence-electron chi connectivity index (χ4n) is 1.95. The fourth-order valence-corrected chi connectivity index (χ4v) is 1.95. The lowest BCUT2D eigenvalue weighted by atomic mass is 10.1. The first-order valence-electron chi connectivity index (χ1n) is 5.54. The summed E-state index contributed by atoms with van der Waals surface area (Å²) in [5.41, 5.74) is 1.76. The zero-order valence-corrected chi connectivity index (χ0v) is 9.40. The van der Waals surface area contributed by atoms with Gasteiger partial charge in [0, 0.05) is 18.5 Å². The van der Waals surface area contributed by atoms with E-state index in [0.29, 0.717) is 12.0 Å². The average Bonchev–Trinajstić information content (AvgIpc) is 2.64. The molecule has 1 aliphatic heterocycles. The molecule has 0 N–H and O–H groups in total. The molecule has 0 saturated carbocycles. The number of hydrogen-bond donors (Lipinski definition) is 0. The Hall–Kier alpha value is -1.64. The van der Waals surface area contributed by atoms with Crippen molar-refractivity contribution < 1.29 is 9.59 Å². The highest BCUT2D eigenvalue weighted by Gasteiger charge is 2.22. The summed E-state index contributed by atoms with van der Waals surface area (Å²) < 4.78 is 0. The Bertz CT molecular complexity index is 426. The van der Waals surface area contributed by atoms with Gasteiger partial charge in [0.25, 0.3) is 0 Å². The molecule has 1 saturated heterocycles. The number of benzene rings is 1. The summed E-state index contributed by atoms with van der Waals surface area (Å²) >= 11 is 0. The highest BCUT2D eigenvalue weighted by molar-refractivity contribution is 5.99. The van der Waals surface area contributed by atoms with Crippen LogP contribution in [-0.2, 0) is 4.79 Å². The minimum absolute atomic E-state index is 0.0268. The van der Waals surface area contributed by atoms with Crippen LogP contribution in [0.15, 0.2) is 24.3 Å². The van der Waals surface area contributed by atoms with Gasteiger partial charge < -0.3 is 4.90 Å². The van der Waals surface area contributed by atoms with E-state index in [0.717, 1.165) is 18.5 Å². The molecule has 3 nitrogen and oxygen atoms in total.